The average Bonchev–Trinajstić information content (AvgIpc) is 2.75. The van der Waals surface area contributed by atoms with Crippen molar-refractivity contribution in [3.8, 4) is 12.3 Å². The van der Waals surface area contributed by atoms with Crippen LogP contribution in [0.2, 0.25) is 0 Å². The van der Waals surface area contributed by atoms with Crippen molar-refractivity contribution in [3.05, 3.63) is 22.2 Å². The number of aryl methyl sites for hydroxylation is 2. The quantitative estimate of drug-likeness (QED) is 0.853. The number of carbonyl (C=O) groups excluding carboxylic acids is 1. The molecule has 2 heterocycles. The predicted molar refractivity (Wildman–Crippen MR) is 88.5 cm³/mol. The van der Waals surface area contributed by atoms with E-state index < -0.39 is 0 Å². The van der Waals surface area contributed by atoms with Gasteiger partial charge in [-0.25, -0.2) is 4.98 Å². The van der Waals surface area contributed by atoms with Crippen molar-refractivity contribution in [2.45, 2.75) is 39.7 Å². The van der Waals surface area contributed by atoms with Crippen LogP contribution in [0.25, 0.3) is 10.2 Å². The molecule has 0 radical (unpaired) electrons. The summed E-state index contributed by atoms with van der Waals surface area (Å²) in [7, 11) is 0. The average molecular weight is 301 g/mol. The molecule has 3 N–H and O–H groups in total. The summed E-state index contributed by atoms with van der Waals surface area (Å²) >= 11 is 1.33. The standard InChI is InChI=1S/C16H19N3OS/c1-5-7-11(6-2)19-15(20)14-13(17)12-9(3)8-10(4)18-16(12)21-14/h1,8,11H,6-7,17H2,2-4H3,(H,19,20). The van der Waals surface area contributed by atoms with Crippen molar-refractivity contribution in [2.75, 3.05) is 5.73 Å². The third kappa shape index (κ3) is 3.01. The molecule has 0 bridgehead atoms. The van der Waals surface area contributed by atoms with E-state index in [0.29, 0.717) is 17.0 Å². The van der Waals surface area contributed by atoms with Gasteiger partial charge < -0.3 is 11.1 Å². The van der Waals surface area contributed by atoms with Gasteiger partial charge in [-0.2, -0.15) is 0 Å². The minimum absolute atomic E-state index is 0.0251. The summed E-state index contributed by atoms with van der Waals surface area (Å²) < 4.78 is 0. The number of carbonyl (C=O) groups is 1. The Labute approximate surface area is 128 Å². The number of nitrogens with zero attached hydrogens (tertiary/aromatic N) is 1. The maximum absolute atomic E-state index is 12.4. The molecular weight excluding hydrogens is 282 g/mol. The molecule has 0 aromatic carbocycles. The van der Waals surface area contributed by atoms with Crippen LogP contribution in [-0.4, -0.2) is 16.9 Å². The van der Waals surface area contributed by atoms with Crippen LogP contribution in [0.5, 0.6) is 0 Å². The van der Waals surface area contributed by atoms with Crippen LogP contribution in [0.15, 0.2) is 6.07 Å². The Kier molecular flexibility index (Phi) is 4.49. The van der Waals surface area contributed by atoms with Gasteiger partial charge in [0.15, 0.2) is 0 Å². The van der Waals surface area contributed by atoms with E-state index in [0.717, 1.165) is 27.9 Å². The van der Waals surface area contributed by atoms with Crippen molar-refractivity contribution >= 4 is 33.1 Å². The lowest BCUT2D eigenvalue weighted by atomic mass is 10.1. The fraction of sp³-hybridized carbons (Fsp3) is 0.375. The van der Waals surface area contributed by atoms with Gasteiger partial charge in [-0.3, -0.25) is 4.79 Å². The normalized spacial score (nSPS) is 12.1. The maximum Gasteiger partial charge on any atom is 0.263 e. The van der Waals surface area contributed by atoms with Gasteiger partial charge in [0.2, 0.25) is 0 Å². The highest BCUT2D eigenvalue weighted by molar-refractivity contribution is 7.21. The van der Waals surface area contributed by atoms with Crippen LogP contribution >= 0.6 is 11.3 Å². The molecule has 0 aliphatic rings. The Hall–Kier alpha value is -2.06. The molecule has 1 amide bonds. The van der Waals surface area contributed by atoms with Crippen molar-refractivity contribution in [1.29, 1.82) is 0 Å². The second-order valence-corrected chi connectivity index (χ2v) is 6.09. The zero-order valence-electron chi connectivity index (χ0n) is 12.5. The number of thiophene rings is 1. The minimum Gasteiger partial charge on any atom is -0.397 e. The van der Waals surface area contributed by atoms with Gasteiger partial charge in [-0.05, 0) is 31.9 Å². The van der Waals surface area contributed by atoms with Crippen LogP contribution < -0.4 is 11.1 Å². The SMILES string of the molecule is C#CCC(CC)NC(=O)c1sc2nc(C)cc(C)c2c1N. The molecule has 5 heteroatoms. The van der Waals surface area contributed by atoms with Crippen molar-refractivity contribution in [1.82, 2.24) is 10.3 Å². The molecular formula is C16H19N3OS. The zero-order chi connectivity index (χ0) is 15.6. The Balaban J connectivity index is 2.39. The van der Waals surface area contributed by atoms with E-state index in [1.807, 2.05) is 26.8 Å². The van der Waals surface area contributed by atoms with Gasteiger partial charge >= 0.3 is 0 Å². The van der Waals surface area contributed by atoms with Gasteiger partial charge in [0.05, 0.1) is 5.69 Å². The highest BCUT2D eigenvalue weighted by Crippen LogP contribution is 2.34. The number of anilines is 1. The van der Waals surface area contributed by atoms with Gasteiger partial charge in [-0.15, -0.1) is 23.7 Å². The number of nitrogens with two attached hydrogens (primary N) is 1. The van der Waals surface area contributed by atoms with Gasteiger partial charge in [0.25, 0.3) is 5.91 Å². The van der Waals surface area contributed by atoms with Crippen LogP contribution in [-0.2, 0) is 0 Å². The topological polar surface area (TPSA) is 68.0 Å². The molecule has 1 atom stereocenters. The first-order chi connectivity index (χ1) is 9.97. The number of amides is 1. The van der Waals surface area contributed by atoms with Crippen LogP contribution in [0.4, 0.5) is 5.69 Å². The molecule has 21 heavy (non-hydrogen) atoms. The van der Waals surface area contributed by atoms with Crippen LogP contribution in [0.3, 0.4) is 0 Å². The first-order valence-electron chi connectivity index (χ1n) is 6.88. The molecule has 2 aromatic rings. The summed E-state index contributed by atoms with van der Waals surface area (Å²) in [6.45, 7) is 5.91. The number of terminal acetylenes is 1. The summed E-state index contributed by atoms with van der Waals surface area (Å²) in [5.74, 6) is 2.41. The Morgan fingerprint density at radius 3 is 2.90 bits per heavy atom. The second-order valence-electron chi connectivity index (χ2n) is 5.09. The third-order valence-electron chi connectivity index (χ3n) is 3.42. The van der Waals surface area contributed by atoms with Gasteiger partial charge in [0.1, 0.15) is 9.71 Å². The van der Waals surface area contributed by atoms with E-state index >= 15 is 0 Å². The molecule has 1 unspecified atom stereocenters. The fourth-order valence-electron chi connectivity index (χ4n) is 2.33. The number of hydrogen-bond acceptors (Lipinski definition) is 4. The molecule has 4 nitrogen and oxygen atoms in total. The Bertz CT molecular complexity index is 727. The maximum atomic E-state index is 12.4. The summed E-state index contributed by atoms with van der Waals surface area (Å²) in [4.78, 5) is 18.2. The van der Waals surface area contributed by atoms with E-state index in [1.165, 1.54) is 11.3 Å². The monoisotopic (exact) mass is 301 g/mol. The zero-order valence-corrected chi connectivity index (χ0v) is 13.3. The highest BCUT2D eigenvalue weighted by atomic mass is 32.1. The summed E-state index contributed by atoms with van der Waals surface area (Å²) in [5, 5.41) is 3.82. The van der Waals surface area contributed by atoms with Crippen molar-refractivity contribution < 1.29 is 4.79 Å². The van der Waals surface area contributed by atoms with Crippen molar-refractivity contribution in [2.24, 2.45) is 0 Å². The lowest BCUT2D eigenvalue weighted by molar-refractivity contribution is 0.0941. The molecule has 0 spiro atoms. The number of fused-ring (bicyclic) bond motifs is 1. The summed E-state index contributed by atoms with van der Waals surface area (Å²) in [5.41, 5.74) is 8.62. The first kappa shape index (κ1) is 15.3. The van der Waals surface area contributed by atoms with Crippen LogP contribution in [0.1, 0.15) is 40.7 Å². The van der Waals surface area contributed by atoms with E-state index in [1.54, 1.807) is 0 Å². The molecule has 110 valence electrons. The third-order valence-corrected chi connectivity index (χ3v) is 4.52. The minimum atomic E-state index is -0.172. The molecule has 0 saturated carbocycles. The summed E-state index contributed by atoms with van der Waals surface area (Å²) in [6, 6.07) is 1.95. The van der Waals surface area contributed by atoms with Gasteiger partial charge in [0, 0.05) is 23.5 Å². The molecule has 2 rings (SSSR count). The largest absolute Gasteiger partial charge is 0.397 e. The lowest BCUT2D eigenvalue weighted by Crippen LogP contribution is -2.33. The Morgan fingerprint density at radius 1 is 1.57 bits per heavy atom. The highest BCUT2D eigenvalue weighted by Gasteiger charge is 2.20. The van der Waals surface area contributed by atoms with E-state index in [4.69, 9.17) is 12.2 Å². The predicted octanol–water partition coefficient (Wildman–Crippen LogP) is 3.03. The lowest BCUT2D eigenvalue weighted by Gasteiger charge is -2.13. The molecule has 2 aromatic heterocycles. The summed E-state index contributed by atoms with van der Waals surface area (Å²) in [6.07, 6.45) is 6.62. The number of hydrogen-bond donors (Lipinski definition) is 2. The van der Waals surface area contributed by atoms with E-state index in [9.17, 15) is 4.79 Å². The van der Waals surface area contributed by atoms with E-state index in [2.05, 4.69) is 16.2 Å². The number of aromatic nitrogens is 1. The molecule has 0 fully saturated rings. The first-order valence-corrected chi connectivity index (χ1v) is 7.70. The fourth-order valence-corrected chi connectivity index (χ4v) is 3.45. The van der Waals surface area contributed by atoms with Crippen LogP contribution in [0, 0.1) is 26.2 Å². The Morgan fingerprint density at radius 2 is 2.29 bits per heavy atom. The van der Waals surface area contributed by atoms with Crippen molar-refractivity contribution in [3.63, 3.8) is 0 Å². The smallest absolute Gasteiger partial charge is 0.263 e. The van der Waals surface area contributed by atoms with E-state index in [-0.39, 0.29) is 11.9 Å². The number of nitrogen functional groups attached to an aromatic ring is 1. The number of pyridine rings is 1. The second kappa shape index (κ2) is 6.15. The molecule has 0 saturated heterocycles. The number of nitrogens with one attached hydrogen (secondary N) is 1. The molecule has 0 aliphatic heterocycles. The van der Waals surface area contributed by atoms with Gasteiger partial charge in [-0.1, -0.05) is 6.92 Å². The number of rotatable bonds is 4. The molecule has 0 aliphatic carbocycles.